The number of benzene rings is 1. The Morgan fingerprint density at radius 3 is 2.25 bits per heavy atom. The number of ether oxygens (including phenoxy) is 1. The molecule has 0 aliphatic heterocycles. The average Bonchev–Trinajstić information content (AvgIpc) is 3.31. The van der Waals surface area contributed by atoms with Gasteiger partial charge in [0.15, 0.2) is 6.61 Å². The lowest BCUT2D eigenvalue weighted by Crippen LogP contribution is -2.30. The van der Waals surface area contributed by atoms with Crippen LogP contribution in [0.2, 0.25) is 0 Å². The molecule has 1 saturated carbocycles. The van der Waals surface area contributed by atoms with Gasteiger partial charge in [0.25, 0.3) is 11.8 Å². The smallest absolute Gasteiger partial charge is 0.309 e. The van der Waals surface area contributed by atoms with E-state index in [-0.39, 0.29) is 30.3 Å². The highest BCUT2D eigenvalue weighted by atomic mass is 16.5. The molecule has 2 atom stereocenters. The predicted molar refractivity (Wildman–Crippen MR) is 90.6 cm³/mol. The zero-order valence-corrected chi connectivity index (χ0v) is 14.4. The fourth-order valence-corrected chi connectivity index (χ4v) is 2.48. The third kappa shape index (κ3) is 4.57. The maximum Gasteiger partial charge on any atom is 0.309 e. The largest absolute Gasteiger partial charge is 0.455 e. The number of hydrogen-bond donors (Lipinski definition) is 1. The van der Waals surface area contributed by atoms with E-state index >= 15 is 0 Å². The molecule has 1 N–H and O–H groups in total. The van der Waals surface area contributed by atoms with Crippen molar-refractivity contribution in [2.75, 3.05) is 25.0 Å². The number of carbonyl (C=O) groups excluding carboxylic acids is 3. The summed E-state index contributed by atoms with van der Waals surface area (Å²) < 4.78 is 4.98. The lowest BCUT2D eigenvalue weighted by molar-refractivity contribution is -0.148. The molecule has 0 saturated heterocycles. The van der Waals surface area contributed by atoms with Crippen molar-refractivity contribution in [2.24, 2.45) is 11.8 Å². The minimum atomic E-state index is -0.389. The molecule has 6 heteroatoms. The highest BCUT2D eigenvalue weighted by Gasteiger charge is 2.40. The van der Waals surface area contributed by atoms with Crippen LogP contribution in [0.15, 0.2) is 24.3 Å². The summed E-state index contributed by atoms with van der Waals surface area (Å²) in [7, 11) is 0. The molecule has 1 aliphatic carbocycles. The molecular weight excluding hydrogens is 308 g/mol. The van der Waals surface area contributed by atoms with Crippen molar-refractivity contribution in [3.8, 4) is 0 Å². The predicted octanol–water partition coefficient (Wildman–Crippen LogP) is 2.31. The quantitative estimate of drug-likeness (QED) is 0.778. The summed E-state index contributed by atoms with van der Waals surface area (Å²) in [5.74, 6) is -0.428. The first-order chi connectivity index (χ1) is 11.5. The lowest BCUT2D eigenvalue weighted by atomic mass is 10.2. The molecule has 0 bridgehead atoms. The first-order valence-electron chi connectivity index (χ1n) is 8.32. The van der Waals surface area contributed by atoms with Gasteiger partial charge in [-0.25, -0.2) is 0 Å². The monoisotopic (exact) mass is 332 g/mol. The van der Waals surface area contributed by atoms with Crippen molar-refractivity contribution in [2.45, 2.75) is 27.2 Å². The minimum Gasteiger partial charge on any atom is -0.455 e. The Labute approximate surface area is 142 Å². The van der Waals surface area contributed by atoms with E-state index in [2.05, 4.69) is 5.32 Å². The van der Waals surface area contributed by atoms with Crippen LogP contribution >= 0.6 is 0 Å². The molecule has 0 aromatic heterocycles. The third-order valence-corrected chi connectivity index (χ3v) is 4.22. The molecular formula is C18H24N2O4. The Kier molecular flexibility index (Phi) is 5.95. The number of anilines is 1. The van der Waals surface area contributed by atoms with Crippen LogP contribution in [-0.2, 0) is 14.3 Å². The van der Waals surface area contributed by atoms with Crippen LogP contribution in [0, 0.1) is 11.8 Å². The molecule has 6 nitrogen and oxygen atoms in total. The van der Waals surface area contributed by atoms with Crippen LogP contribution in [0.25, 0.3) is 0 Å². The second kappa shape index (κ2) is 7.95. The molecule has 2 amide bonds. The van der Waals surface area contributed by atoms with Crippen molar-refractivity contribution in [1.29, 1.82) is 0 Å². The van der Waals surface area contributed by atoms with E-state index in [4.69, 9.17) is 4.74 Å². The van der Waals surface area contributed by atoms with Crippen LogP contribution in [0.5, 0.6) is 0 Å². The van der Waals surface area contributed by atoms with E-state index < -0.39 is 0 Å². The van der Waals surface area contributed by atoms with E-state index in [1.807, 2.05) is 20.8 Å². The highest BCUT2D eigenvalue weighted by Crippen LogP contribution is 2.38. The van der Waals surface area contributed by atoms with E-state index in [1.165, 1.54) is 0 Å². The van der Waals surface area contributed by atoms with Gasteiger partial charge in [-0.3, -0.25) is 14.4 Å². The summed E-state index contributed by atoms with van der Waals surface area (Å²) in [6, 6.07) is 6.68. The average molecular weight is 332 g/mol. The van der Waals surface area contributed by atoms with Gasteiger partial charge >= 0.3 is 5.97 Å². The third-order valence-electron chi connectivity index (χ3n) is 4.22. The number of hydrogen-bond acceptors (Lipinski definition) is 4. The number of amides is 2. The molecule has 1 aliphatic rings. The molecule has 1 fully saturated rings. The van der Waals surface area contributed by atoms with Crippen molar-refractivity contribution in [3.63, 3.8) is 0 Å². The normalized spacial score (nSPS) is 18.6. The Morgan fingerprint density at radius 1 is 1.17 bits per heavy atom. The van der Waals surface area contributed by atoms with Crippen molar-refractivity contribution in [3.05, 3.63) is 29.8 Å². The summed E-state index contributed by atoms with van der Waals surface area (Å²) in [5.41, 5.74) is 1.14. The Morgan fingerprint density at radius 2 is 1.75 bits per heavy atom. The van der Waals surface area contributed by atoms with Gasteiger partial charge in [-0.1, -0.05) is 6.92 Å². The topological polar surface area (TPSA) is 75.7 Å². The number of nitrogens with zero attached hydrogens (tertiary/aromatic N) is 1. The lowest BCUT2D eigenvalue weighted by Gasteiger charge is -2.18. The van der Waals surface area contributed by atoms with Crippen molar-refractivity contribution in [1.82, 2.24) is 4.90 Å². The number of rotatable bonds is 7. The fourth-order valence-electron chi connectivity index (χ4n) is 2.48. The zero-order chi connectivity index (χ0) is 17.7. The van der Waals surface area contributed by atoms with Crippen LogP contribution in [0.3, 0.4) is 0 Å². The summed E-state index contributed by atoms with van der Waals surface area (Å²) in [6.07, 6.45) is 0.836. The number of nitrogens with one attached hydrogen (secondary N) is 1. The molecule has 0 unspecified atom stereocenters. The second-order valence-electron chi connectivity index (χ2n) is 6.03. The van der Waals surface area contributed by atoms with Gasteiger partial charge < -0.3 is 15.0 Å². The van der Waals surface area contributed by atoms with Gasteiger partial charge in [0.2, 0.25) is 0 Å². The van der Waals surface area contributed by atoms with Crippen LogP contribution in [-0.4, -0.2) is 42.4 Å². The maximum atomic E-state index is 12.2. The first kappa shape index (κ1) is 18.0. The van der Waals surface area contributed by atoms with E-state index in [9.17, 15) is 14.4 Å². The van der Waals surface area contributed by atoms with Gasteiger partial charge in [0.1, 0.15) is 0 Å². The summed E-state index contributed by atoms with van der Waals surface area (Å²) >= 11 is 0. The highest BCUT2D eigenvalue weighted by molar-refractivity contribution is 5.96. The van der Waals surface area contributed by atoms with Crippen molar-refractivity contribution >= 4 is 23.5 Å². The van der Waals surface area contributed by atoms with Gasteiger partial charge in [0.05, 0.1) is 5.92 Å². The van der Waals surface area contributed by atoms with Crippen LogP contribution in [0.4, 0.5) is 5.69 Å². The fraction of sp³-hybridized carbons (Fsp3) is 0.500. The Bertz CT molecular complexity index is 608. The summed E-state index contributed by atoms with van der Waals surface area (Å²) in [5, 5.41) is 2.65. The molecule has 1 aromatic rings. The molecule has 0 radical (unpaired) electrons. The van der Waals surface area contributed by atoms with Crippen LogP contribution < -0.4 is 5.32 Å². The van der Waals surface area contributed by atoms with E-state index in [1.54, 1.807) is 29.2 Å². The van der Waals surface area contributed by atoms with Gasteiger partial charge in [-0.15, -0.1) is 0 Å². The molecule has 24 heavy (non-hydrogen) atoms. The number of carbonyl (C=O) groups is 3. The summed E-state index contributed by atoms with van der Waals surface area (Å²) in [6.45, 7) is 6.85. The Hall–Kier alpha value is -2.37. The molecule has 130 valence electrons. The van der Waals surface area contributed by atoms with E-state index in [0.717, 1.165) is 6.42 Å². The molecule has 0 heterocycles. The van der Waals surface area contributed by atoms with Gasteiger partial charge in [-0.05, 0) is 50.5 Å². The minimum absolute atomic E-state index is 0.0367. The Balaban J connectivity index is 1.83. The molecule has 1 aromatic carbocycles. The second-order valence-corrected chi connectivity index (χ2v) is 6.03. The molecule has 2 rings (SSSR count). The summed E-state index contributed by atoms with van der Waals surface area (Å²) in [4.78, 5) is 37.3. The first-order valence-corrected chi connectivity index (χ1v) is 8.32. The SMILES string of the molecule is CCN(CC)C(=O)c1ccc(NC(=O)COC(=O)[C@H]2C[C@H]2C)cc1. The van der Waals surface area contributed by atoms with Crippen LogP contribution in [0.1, 0.15) is 37.6 Å². The zero-order valence-electron chi connectivity index (χ0n) is 14.4. The number of esters is 1. The maximum absolute atomic E-state index is 12.2. The van der Waals surface area contributed by atoms with Crippen molar-refractivity contribution < 1.29 is 19.1 Å². The standard InChI is InChI=1S/C18H24N2O4/c1-4-20(5-2)17(22)13-6-8-14(9-7-13)19-16(21)11-24-18(23)15-10-12(15)3/h6-9,12,15H,4-5,10-11H2,1-3H3,(H,19,21)/t12-,15+/m1/s1. The van der Waals surface area contributed by atoms with Gasteiger partial charge in [-0.2, -0.15) is 0 Å². The molecule has 0 spiro atoms. The van der Waals surface area contributed by atoms with E-state index in [0.29, 0.717) is 30.3 Å². The van der Waals surface area contributed by atoms with Gasteiger partial charge in [0, 0.05) is 24.3 Å².